The summed E-state index contributed by atoms with van der Waals surface area (Å²) in [6.45, 7) is 14.3. The van der Waals surface area contributed by atoms with Gasteiger partial charge in [0.15, 0.2) is 5.78 Å². The van der Waals surface area contributed by atoms with Gasteiger partial charge in [-0.1, -0.05) is 59.1 Å². The van der Waals surface area contributed by atoms with Crippen LogP contribution >= 0.6 is 0 Å². The van der Waals surface area contributed by atoms with Crippen molar-refractivity contribution in [3.63, 3.8) is 0 Å². The molecule has 190 valence electrons. The van der Waals surface area contributed by atoms with Crippen LogP contribution in [-0.2, 0) is 19.4 Å². The van der Waals surface area contributed by atoms with E-state index in [0.717, 1.165) is 50.5 Å². The van der Waals surface area contributed by atoms with Crippen LogP contribution in [0.1, 0.15) is 92.4 Å². The molecule has 6 heteroatoms. The minimum atomic E-state index is -1.13. The molecular weight excluding hydrogens is 654 g/mol. The zero-order valence-electron chi connectivity index (χ0n) is 21.7. The van der Waals surface area contributed by atoms with Gasteiger partial charge in [0.1, 0.15) is 5.60 Å². The van der Waals surface area contributed by atoms with Gasteiger partial charge < -0.3 is 16.8 Å². The molecule has 0 bridgehead atoms. The van der Waals surface area contributed by atoms with E-state index in [4.69, 9.17) is 9.78 Å². The van der Waals surface area contributed by atoms with Gasteiger partial charge in [0, 0.05) is 47.7 Å². The first-order chi connectivity index (χ1) is 15.6. The number of carbonyl (C=O) groups is 2. The maximum Gasteiger partial charge on any atom is 0.178 e. The Balaban J connectivity index is 0.00000408. The van der Waals surface area contributed by atoms with Gasteiger partial charge in [0.2, 0.25) is 0 Å². The smallest absolute Gasteiger partial charge is 0.178 e. The Kier molecular flexibility index (Phi) is 10.3. The molecule has 7 atom stereocenters. The van der Waals surface area contributed by atoms with E-state index < -0.39 is 17.1 Å². The molecule has 34 heavy (non-hydrogen) atoms. The first-order valence-corrected chi connectivity index (χ1v) is 12.9. The first kappa shape index (κ1) is 29.8. The van der Waals surface area contributed by atoms with E-state index in [0.29, 0.717) is 12.8 Å². The summed E-state index contributed by atoms with van der Waals surface area (Å²) in [5.41, 5.74) is -0.979. The van der Waals surface area contributed by atoms with Gasteiger partial charge >= 0.3 is 0 Å². The quantitative estimate of drug-likeness (QED) is 0.180. The molecule has 0 radical (unpaired) electrons. The van der Waals surface area contributed by atoms with E-state index in [-0.39, 0.29) is 66.0 Å². The van der Waals surface area contributed by atoms with E-state index in [2.05, 4.69) is 41.5 Å². The van der Waals surface area contributed by atoms with Crippen LogP contribution in [0.25, 0.3) is 0 Å². The zero-order valence-corrected chi connectivity index (χ0v) is 25.9. The zero-order chi connectivity index (χ0) is 24.4. The minimum Gasteiger partial charge on any atom is -0.393 e. The third-order valence-electron chi connectivity index (χ3n) is 9.17. The normalized spacial score (nSPS) is 38.1. The Morgan fingerprint density at radius 1 is 1.29 bits per heavy atom. The second-order valence-corrected chi connectivity index (χ2v) is 10.9. The fourth-order valence-electron chi connectivity index (χ4n) is 6.83. The molecule has 2 fully saturated rings. The van der Waals surface area contributed by atoms with E-state index in [1.807, 2.05) is 6.08 Å². The number of hydrogen-bond acceptors (Lipinski definition) is 5. The molecule has 0 spiro atoms. The number of hydrogen-bond donors (Lipinski definition) is 1. The molecule has 0 amide bonds. The molecule has 3 aliphatic carbocycles. The van der Waals surface area contributed by atoms with Crippen molar-refractivity contribution >= 4 is 11.6 Å². The fraction of sp³-hybridized carbons (Fsp3) is 0.750. The van der Waals surface area contributed by atoms with Gasteiger partial charge in [-0.25, -0.2) is 9.78 Å². The summed E-state index contributed by atoms with van der Waals surface area (Å²) in [5, 5.41) is 11.5. The number of aliphatic hydroxyl groups excluding tert-OH is 1. The number of rotatable bonds is 10. The van der Waals surface area contributed by atoms with Crippen LogP contribution in [0.15, 0.2) is 23.8 Å². The summed E-state index contributed by atoms with van der Waals surface area (Å²) in [4.78, 5) is 37.0. The molecule has 0 aromatic carbocycles. The van der Waals surface area contributed by atoms with E-state index in [1.54, 1.807) is 12.2 Å². The predicted octanol–water partition coefficient (Wildman–Crippen LogP) is 5.71. The topological polar surface area (TPSA) is 72.8 Å². The SMILES string of the molecule is [CH2-]C(=O)C1(OO[C@@H](CC)CCCC)CCC2CC(C3(C)C=CC(=O)C=C3CC)C(O)CC21C.[U]. The Bertz CT molecular complexity index is 807. The molecule has 2 saturated carbocycles. The number of aliphatic hydroxyl groups is 1. The van der Waals surface area contributed by atoms with Crippen molar-refractivity contribution in [1.29, 1.82) is 0 Å². The Morgan fingerprint density at radius 2 is 2.00 bits per heavy atom. The molecule has 3 rings (SSSR count). The maximum absolute atomic E-state index is 13.0. The molecule has 3 aliphatic rings. The van der Waals surface area contributed by atoms with Crippen LogP contribution in [0.2, 0.25) is 0 Å². The van der Waals surface area contributed by atoms with Crippen LogP contribution < -0.4 is 0 Å². The van der Waals surface area contributed by atoms with Crippen molar-refractivity contribution in [1.82, 2.24) is 0 Å². The molecule has 1 N–H and O–H groups in total. The summed E-state index contributed by atoms with van der Waals surface area (Å²) >= 11 is 0. The standard InChI is InChI=1S/C28H43O5.U/c1-7-10-11-23(9-3)32-33-28(19(4)29)15-12-21-17-24(25(31)18-27(21,28)6)26(5)14-13-22(30)16-20(26)8-2;/h13-14,16,21,23-25,31H,4,7-12,15,17-18H2,1-3,5-6H3;/q-1;/t21?,23-,24?,25?,26?,27?,28?;/m0./s1. The van der Waals surface area contributed by atoms with Crippen molar-refractivity contribution in [2.45, 2.75) is 110 Å². The molecule has 6 unspecified atom stereocenters. The van der Waals surface area contributed by atoms with Crippen LogP contribution in [0.3, 0.4) is 0 Å². The Hall–Kier alpha value is -0.378. The van der Waals surface area contributed by atoms with Crippen molar-refractivity contribution in [3.8, 4) is 0 Å². The number of fused-ring (bicyclic) bond motifs is 1. The largest absolute Gasteiger partial charge is 0.393 e. The molecule has 0 heterocycles. The van der Waals surface area contributed by atoms with Crippen LogP contribution in [0.5, 0.6) is 0 Å². The van der Waals surface area contributed by atoms with E-state index in [9.17, 15) is 14.7 Å². The van der Waals surface area contributed by atoms with Crippen LogP contribution in [-0.4, -0.2) is 34.5 Å². The average Bonchev–Trinajstić information content (AvgIpc) is 3.07. The number of allylic oxidation sites excluding steroid dienone is 4. The second kappa shape index (κ2) is 11.8. The average molecular weight is 698 g/mol. The number of carbonyl (C=O) groups excluding carboxylic acids is 2. The van der Waals surface area contributed by atoms with Crippen molar-refractivity contribution in [3.05, 3.63) is 30.7 Å². The summed E-state index contributed by atoms with van der Waals surface area (Å²) in [6.07, 6.45) is 11.9. The number of ketones is 2. The fourth-order valence-corrected chi connectivity index (χ4v) is 6.83. The third kappa shape index (κ3) is 5.19. The van der Waals surface area contributed by atoms with Gasteiger partial charge in [0.05, 0.1) is 12.2 Å². The molecule has 0 aliphatic heterocycles. The predicted molar refractivity (Wildman–Crippen MR) is 129 cm³/mol. The summed E-state index contributed by atoms with van der Waals surface area (Å²) < 4.78 is 0. The van der Waals surface area contributed by atoms with Gasteiger partial charge in [-0.05, 0) is 68.9 Å². The van der Waals surface area contributed by atoms with E-state index >= 15 is 0 Å². The molecule has 0 aromatic rings. The van der Waals surface area contributed by atoms with Gasteiger partial charge in [-0.2, -0.15) is 0 Å². The van der Waals surface area contributed by atoms with Crippen molar-refractivity contribution < 1.29 is 55.6 Å². The molecule has 0 saturated heterocycles. The second-order valence-electron chi connectivity index (χ2n) is 10.9. The summed E-state index contributed by atoms with van der Waals surface area (Å²) in [5.74, 6) is -0.0549. The maximum atomic E-state index is 13.0. The van der Waals surface area contributed by atoms with E-state index in [1.165, 1.54) is 0 Å². The van der Waals surface area contributed by atoms with Gasteiger partial charge in [-0.15, -0.1) is 0 Å². The Labute approximate surface area is 229 Å². The third-order valence-corrected chi connectivity index (χ3v) is 9.17. The number of unbranched alkanes of at least 4 members (excludes halogenated alkanes) is 1. The van der Waals surface area contributed by atoms with Crippen molar-refractivity contribution in [2.75, 3.05) is 0 Å². The summed E-state index contributed by atoms with van der Waals surface area (Å²) in [6, 6.07) is 0. The molecule has 5 nitrogen and oxygen atoms in total. The van der Waals surface area contributed by atoms with Crippen LogP contribution in [0.4, 0.5) is 0 Å². The minimum absolute atomic E-state index is 0. The van der Waals surface area contributed by atoms with Crippen LogP contribution in [0, 0.1) is 60.7 Å². The van der Waals surface area contributed by atoms with Gasteiger partial charge in [-0.3, -0.25) is 4.79 Å². The van der Waals surface area contributed by atoms with Crippen molar-refractivity contribution in [2.24, 2.45) is 22.7 Å². The first-order valence-electron chi connectivity index (χ1n) is 12.9. The van der Waals surface area contributed by atoms with Gasteiger partial charge in [0.25, 0.3) is 0 Å². The summed E-state index contributed by atoms with van der Waals surface area (Å²) in [7, 11) is 0. The molecule has 0 aromatic heterocycles. The Morgan fingerprint density at radius 3 is 2.59 bits per heavy atom. The monoisotopic (exact) mass is 697 g/mol. The molecular formula is C28H43O5U-. The number of Topliss-reactive ketones (excluding diaryl/α,β-unsaturated/α-hetero) is 1.